The normalized spacial score (nSPS) is 26.9. The molecule has 1 saturated carbocycles. The Morgan fingerprint density at radius 1 is 1.53 bits per heavy atom. The molecule has 1 aliphatic carbocycles. The van der Waals surface area contributed by atoms with Crippen molar-refractivity contribution in [1.29, 1.82) is 0 Å². The number of rotatable bonds is 4. The van der Waals surface area contributed by atoms with E-state index < -0.39 is 11.4 Å². The summed E-state index contributed by atoms with van der Waals surface area (Å²) in [6.07, 6.45) is 6.00. The highest BCUT2D eigenvalue weighted by Gasteiger charge is 2.43. The number of aliphatic carboxylic acids is 1. The van der Waals surface area contributed by atoms with Gasteiger partial charge in [0.15, 0.2) is 0 Å². The van der Waals surface area contributed by atoms with Gasteiger partial charge in [-0.05, 0) is 26.2 Å². The number of carbonyl (C=O) groups is 1. The van der Waals surface area contributed by atoms with Crippen LogP contribution in [0.3, 0.4) is 0 Å². The molecule has 104 valence electrons. The minimum Gasteiger partial charge on any atom is -0.481 e. The fourth-order valence-corrected chi connectivity index (χ4v) is 2.67. The molecule has 0 radical (unpaired) electrons. The molecule has 5 heteroatoms. The van der Waals surface area contributed by atoms with E-state index in [2.05, 4.69) is 15.3 Å². The van der Waals surface area contributed by atoms with Crippen LogP contribution in [0.4, 0.5) is 5.82 Å². The monoisotopic (exact) mass is 263 g/mol. The molecule has 2 atom stereocenters. The Kier molecular flexibility index (Phi) is 4.02. The third-order valence-corrected chi connectivity index (χ3v) is 4.10. The van der Waals surface area contributed by atoms with Crippen LogP contribution < -0.4 is 5.32 Å². The van der Waals surface area contributed by atoms with Crippen LogP contribution in [0.25, 0.3) is 0 Å². The Labute approximate surface area is 113 Å². The zero-order chi connectivity index (χ0) is 13.9. The van der Waals surface area contributed by atoms with Crippen molar-refractivity contribution in [2.45, 2.75) is 52.0 Å². The molecule has 5 nitrogen and oxygen atoms in total. The highest BCUT2D eigenvalue weighted by Crippen LogP contribution is 2.37. The molecule has 0 bridgehead atoms. The second kappa shape index (κ2) is 5.55. The van der Waals surface area contributed by atoms with Crippen molar-refractivity contribution in [3.05, 3.63) is 18.1 Å². The van der Waals surface area contributed by atoms with Crippen LogP contribution in [0.15, 0.2) is 12.4 Å². The van der Waals surface area contributed by atoms with Gasteiger partial charge in [0.25, 0.3) is 0 Å². The maximum absolute atomic E-state index is 11.5. The first-order chi connectivity index (χ1) is 9.06. The van der Waals surface area contributed by atoms with Crippen molar-refractivity contribution in [2.75, 3.05) is 5.32 Å². The third kappa shape index (κ3) is 2.85. The SMILES string of the molecule is CCc1cc(NC2CCCCC2(C)C(=O)O)ncn1. The second-order valence-corrected chi connectivity index (χ2v) is 5.41. The fourth-order valence-electron chi connectivity index (χ4n) is 2.67. The quantitative estimate of drug-likeness (QED) is 0.873. The van der Waals surface area contributed by atoms with Crippen LogP contribution in [0.1, 0.15) is 45.2 Å². The van der Waals surface area contributed by atoms with E-state index in [0.29, 0.717) is 6.42 Å². The zero-order valence-corrected chi connectivity index (χ0v) is 11.5. The topological polar surface area (TPSA) is 75.1 Å². The summed E-state index contributed by atoms with van der Waals surface area (Å²) >= 11 is 0. The summed E-state index contributed by atoms with van der Waals surface area (Å²) in [6, 6.07) is 1.83. The Morgan fingerprint density at radius 3 is 3.00 bits per heavy atom. The van der Waals surface area contributed by atoms with E-state index in [0.717, 1.165) is 37.2 Å². The largest absolute Gasteiger partial charge is 0.481 e. The Morgan fingerprint density at radius 2 is 2.32 bits per heavy atom. The van der Waals surface area contributed by atoms with Crippen molar-refractivity contribution in [2.24, 2.45) is 5.41 Å². The highest BCUT2D eigenvalue weighted by molar-refractivity contribution is 5.76. The molecule has 2 N–H and O–H groups in total. The molecule has 0 aromatic carbocycles. The van der Waals surface area contributed by atoms with Gasteiger partial charge in [-0.3, -0.25) is 4.79 Å². The van der Waals surface area contributed by atoms with Crippen LogP contribution in [0.5, 0.6) is 0 Å². The van der Waals surface area contributed by atoms with Crippen LogP contribution in [-0.4, -0.2) is 27.1 Å². The van der Waals surface area contributed by atoms with Crippen molar-refractivity contribution < 1.29 is 9.90 Å². The van der Waals surface area contributed by atoms with Gasteiger partial charge < -0.3 is 10.4 Å². The van der Waals surface area contributed by atoms with Crippen molar-refractivity contribution in [3.63, 3.8) is 0 Å². The fraction of sp³-hybridized carbons (Fsp3) is 0.643. The van der Waals surface area contributed by atoms with E-state index in [4.69, 9.17) is 0 Å². The molecular weight excluding hydrogens is 242 g/mol. The predicted molar refractivity (Wildman–Crippen MR) is 73.0 cm³/mol. The third-order valence-electron chi connectivity index (χ3n) is 4.10. The number of carboxylic acid groups (broad SMARTS) is 1. The molecule has 1 fully saturated rings. The second-order valence-electron chi connectivity index (χ2n) is 5.41. The lowest BCUT2D eigenvalue weighted by atomic mass is 9.71. The lowest BCUT2D eigenvalue weighted by molar-refractivity contribution is -0.150. The number of nitrogens with one attached hydrogen (secondary N) is 1. The van der Waals surface area contributed by atoms with E-state index in [9.17, 15) is 9.90 Å². The van der Waals surface area contributed by atoms with Gasteiger partial charge in [-0.2, -0.15) is 0 Å². The molecule has 1 aromatic rings. The van der Waals surface area contributed by atoms with E-state index in [1.54, 1.807) is 0 Å². The first-order valence-corrected chi connectivity index (χ1v) is 6.87. The maximum Gasteiger partial charge on any atom is 0.311 e. The number of aromatic nitrogens is 2. The molecule has 1 aromatic heterocycles. The number of hydrogen-bond acceptors (Lipinski definition) is 4. The van der Waals surface area contributed by atoms with E-state index >= 15 is 0 Å². The molecular formula is C14H21N3O2. The summed E-state index contributed by atoms with van der Waals surface area (Å²) in [5.74, 6) is 0.000645. The Balaban J connectivity index is 2.17. The summed E-state index contributed by atoms with van der Waals surface area (Å²) in [7, 11) is 0. The molecule has 19 heavy (non-hydrogen) atoms. The summed E-state index contributed by atoms with van der Waals surface area (Å²) < 4.78 is 0. The van der Waals surface area contributed by atoms with Crippen LogP contribution >= 0.6 is 0 Å². The molecule has 0 saturated heterocycles. The van der Waals surface area contributed by atoms with Gasteiger partial charge in [0, 0.05) is 17.8 Å². The van der Waals surface area contributed by atoms with Gasteiger partial charge in [0.2, 0.25) is 0 Å². The average molecular weight is 263 g/mol. The maximum atomic E-state index is 11.5. The van der Waals surface area contributed by atoms with Crippen LogP contribution in [0, 0.1) is 5.41 Å². The van der Waals surface area contributed by atoms with Gasteiger partial charge in [-0.25, -0.2) is 9.97 Å². The van der Waals surface area contributed by atoms with Gasteiger partial charge >= 0.3 is 5.97 Å². The highest BCUT2D eigenvalue weighted by atomic mass is 16.4. The summed E-state index contributed by atoms with van der Waals surface area (Å²) in [6.45, 7) is 3.86. The van der Waals surface area contributed by atoms with E-state index in [1.165, 1.54) is 6.33 Å². The summed E-state index contributed by atoms with van der Waals surface area (Å²) in [5.41, 5.74) is 0.251. The van der Waals surface area contributed by atoms with Crippen LogP contribution in [-0.2, 0) is 11.2 Å². The predicted octanol–water partition coefficient (Wildman–Crippen LogP) is 2.48. The minimum atomic E-state index is -0.727. The van der Waals surface area contributed by atoms with Gasteiger partial charge in [0.1, 0.15) is 12.1 Å². The van der Waals surface area contributed by atoms with Crippen molar-refractivity contribution in [3.8, 4) is 0 Å². The molecule has 1 aliphatic rings. The first kappa shape index (κ1) is 13.8. The zero-order valence-electron chi connectivity index (χ0n) is 11.5. The first-order valence-electron chi connectivity index (χ1n) is 6.87. The smallest absolute Gasteiger partial charge is 0.311 e. The number of hydrogen-bond donors (Lipinski definition) is 2. The lowest BCUT2D eigenvalue weighted by Gasteiger charge is -2.38. The molecule has 2 rings (SSSR count). The minimum absolute atomic E-state index is 0.0710. The number of aryl methyl sites for hydroxylation is 1. The molecule has 1 heterocycles. The van der Waals surface area contributed by atoms with Gasteiger partial charge in [-0.1, -0.05) is 19.8 Å². The Bertz CT molecular complexity index is 464. The Hall–Kier alpha value is -1.65. The number of nitrogens with zero attached hydrogens (tertiary/aromatic N) is 2. The number of carboxylic acids is 1. The summed E-state index contributed by atoms with van der Waals surface area (Å²) in [5, 5.41) is 12.8. The van der Waals surface area contributed by atoms with Crippen LogP contribution in [0.2, 0.25) is 0 Å². The van der Waals surface area contributed by atoms with E-state index in [1.807, 2.05) is 19.9 Å². The van der Waals surface area contributed by atoms with Crippen molar-refractivity contribution in [1.82, 2.24) is 9.97 Å². The molecule has 0 spiro atoms. The summed E-state index contributed by atoms with van der Waals surface area (Å²) in [4.78, 5) is 19.9. The van der Waals surface area contributed by atoms with Crippen molar-refractivity contribution >= 4 is 11.8 Å². The molecule has 0 aliphatic heterocycles. The molecule has 2 unspecified atom stereocenters. The average Bonchev–Trinajstić information content (AvgIpc) is 2.41. The van der Waals surface area contributed by atoms with Gasteiger partial charge in [0.05, 0.1) is 5.41 Å². The standard InChI is InChI=1S/C14H21N3O2/c1-3-10-8-12(16-9-15-10)17-11-6-4-5-7-14(11,2)13(18)19/h8-9,11H,3-7H2,1-2H3,(H,18,19)(H,15,16,17). The number of anilines is 1. The van der Waals surface area contributed by atoms with Gasteiger partial charge in [-0.15, -0.1) is 0 Å². The molecule has 0 amide bonds. The van der Waals surface area contributed by atoms with E-state index in [-0.39, 0.29) is 6.04 Å². The lowest BCUT2D eigenvalue weighted by Crippen LogP contribution is -2.46.